The van der Waals surface area contributed by atoms with E-state index in [1.54, 1.807) is 20.8 Å². The van der Waals surface area contributed by atoms with Crippen molar-refractivity contribution >= 4 is 21.7 Å². The summed E-state index contributed by atoms with van der Waals surface area (Å²) in [5, 5.41) is 8.15. The zero-order valence-electron chi connectivity index (χ0n) is 12.9. The van der Waals surface area contributed by atoms with Gasteiger partial charge < -0.3 is 10.0 Å². The molecule has 122 valence electrons. The third kappa shape index (κ3) is 4.30. The molecule has 1 N–H and O–H groups in total. The molecule has 22 heavy (non-hydrogen) atoms. The molecule has 0 heterocycles. The monoisotopic (exact) mass is 327 g/mol. The van der Waals surface area contributed by atoms with E-state index in [9.17, 15) is 18.0 Å². The van der Waals surface area contributed by atoms with Gasteiger partial charge in [0.1, 0.15) is 0 Å². The Morgan fingerprint density at radius 1 is 1.18 bits per heavy atom. The highest BCUT2D eigenvalue weighted by atomic mass is 32.2. The van der Waals surface area contributed by atoms with Crippen LogP contribution in [0.5, 0.6) is 0 Å². The van der Waals surface area contributed by atoms with E-state index in [0.29, 0.717) is 12.1 Å². The fraction of sp³-hybridized carbons (Fsp3) is 0.467. The Labute approximate surface area is 130 Å². The van der Waals surface area contributed by atoms with Crippen LogP contribution < -0.4 is 0 Å². The molecule has 7 heteroatoms. The van der Waals surface area contributed by atoms with Gasteiger partial charge >= 0.3 is 5.97 Å². The Balaban J connectivity index is 2.94. The summed E-state index contributed by atoms with van der Waals surface area (Å²) < 4.78 is 24.0. The van der Waals surface area contributed by atoms with Crippen LogP contribution in [0.25, 0.3) is 0 Å². The predicted molar refractivity (Wildman–Crippen MR) is 82.6 cm³/mol. The Bertz CT molecular complexity index is 634. The molecular formula is C15H21NO5S. The second-order valence-corrected chi connectivity index (χ2v) is 7.65. The Morgan fingerprint density at radius 2 is 1.73 bits per heavy atom. The van der Waals surface area contributed by atoms with Crippen LogP contribution in [0.4, 0.5) is 0 Å². The van der Waals surface area contributed by atoms with Gasteiger partial charge in [-0.05, 0) is 45.0 Å². The first-order chi connectivity index (χ1) is 10.2. The van der Waals surface area contributed by atoms with Gasteiger partial charge in [0.05, 0.1) is 16.6 Å². The molecule has 0 aliphatic rings. The number of carboxylic acids is 1. The molecule has 0 spiro atoms. The van der Waals surface area contributed by atoms with Crippen molar-refractivity contribution in [1.82, 2.24) is 4.90 Å². The van der Waals surface area contributed by atoms with Crippen LogP contribution in [0.3, 0.4) is 0 Å². The van der Waals surface area contributed by atoms with Crippen molar-refractivity contribution in [2.75, 3.05) is 13.1 Å². The standard InChI is InChI=1S/C15H21NO5S/c1-4-16(10-9-14(17)18)15(19)12-5-7-13(8-6-12)22(20,21)11(2)3/h5-8,11H,4,9-10H2,1-3H3,(H,17,18). The Morgan fingerprint density at radius 3 is 2.14 bits per heavy atom. The molecule has 1 rings (SSSR count). The second-order valence-electron chi connectivity index (χ2n) is 5.15. The number of sulfone groups is 1. The van der Waals surface area contributed by atoms with Gasteiger partial charge in [0.25, 0.3) is 5.91 Å². The summed E-state index contributed by atoms with van der Waals surface area (Å²) in [5.41, 5.74) is 0.343. The maximum atomic E-state index is 12.3. The lowest BCUT2D eigenvalue weighted by Crippen LogP contribution is -2.32. The number of nitrogens with zero attached hydrogens (tertiary/aromatic N) is 1. The fourth-order valence-electron chi connectivity index (χ4n) is 1.88. The van der Waals surface area contributed by atoms with Crippen molar-refractivity contribution in [3.63, 3.8) is 0 Å². The summed E-state index contributed by atoms with van der Waals surface area (Å²) in [6.45, 7) is 5.46. The molecule has 1 amide bonds. The fourth-order valence-corrected chi connectivity index (χ4v) is 2.94. The molecule has 0 aliphatic heterocycles. The molecule has 0 aromatic heterocycles. The van der Waals surface area contributed by atoms with Gasteiger partial charge in [-0.15, -0.1) is 0 Å². The third-order valence-electron chi connectivity index (χ3n) is 3.31. The number of benzene rings is 1. The Kier molecular flexibility index (Phi) is 6.11. The van der Waals surface area contributed by atoms with Crippen LogP contribution >= 0.6 is 0 Å². The SMILES string of the molecule is CCN(CCC(=O)O)C(=O)c1ccc(S(=O)(=O)C(C)C)cc1. The van der Waals surface area contributed by atoms with E-state index < -0.39 is 21.1 Å². The maximum absolute atomic E-state index is 12.3. The number of amides is 1. The number of rotatable bonds is 7. The lowest BCUT2D eigenvalue weighted by molar-refractivity contribution is -0.137. The molecule has 0 bridgehead atoms. The number of hydrogen-bond donors (Lipinski definition) is 1. The normalized spacial score (nSPS) is 11.5. The summed E-state index contributed by atoms with van der Waals surface area (Å²) in [7, 11) is -3.37. The average Bonchev–Trinajstić information content (AvgIpc) is 2.47. The summed E-state index contributed by atoms with van der Waals surface area (Å²) in [5.74, 6) is -1.28. The molecule has 1 aromatic carbocycles. The Hall–Kier alpha value is -1.89. The molecule has 1 aromatic rings. The van der Waals surface area contributed by atoms with Crippen LogP contribution in [-0.2, 0) is 14.6 Å². The van der Waals surface area contributed by atoms with E-state index in [1.165, 1.54) is 29.2 Å². The molecule has 0 radical (unpaired) electrons. The second kappa shape index (κ2) is 7.40. The molecule has 0 saturated heterocycles. The highest BCUT2D eigenvalue weighted by Crippen LogP contribution is 2.17. The molecule has 0 atom stereocenters. The zero-order chi connectivity index (χ0) is 16.9. The van der Waals surface area contributed by atoms with E-state index in [2.05, 4.69) is 0 Å². The molecule has 0 saturated carbocycles. The number of aliphatic carboxylic acids is 1. The van der Waals surface area contributed by atoms with Gasteiger partial charge in [-0.2, -0.15) is 0 Å². The quantitative estimate of drug-likeness (QED) is 0.824. The summed E-state index contributed by atoms with van der Waals surface area (Å²) in [4.78, 5) is 24.5. The van der Waals surface area contributed by atoms with Crippen molar-refractivity contribution in [2.45, 2.75) is 37.3 Å². The zero-order valence-corrected chi connectivity index (χ0v) is 13.8. The molecule has 0 fully saturated rings. The number of carboxylic acid groups (broad SMARTS) is 1. The summed E-state index contributed by atoms with van der Waals surface area (Å²) >= 11 is 0. The van der Waals surface area contributed by atoms with Crippen LogP contribution in [-0.4, -0.2) is 48.6 Å². The van der Waals surface area contributed by atoms with Crippen molar-refractivity contribution in [2.24, 2.45) is 0 Å². The minimum absolute atomic E-state index is 0.122. The van der Waals surface area contributed by atoms with E-state index in [-0.39, 0.29) is 23.8 Å². The van der Waals surface area contributed by atoms with Gasteiger partial charge in [0.15, 0.2) is 9.84 Å². The molecule has 0 unspecified atom stereocenters. The van der Waals surface area contributed by atoms with Crippen molar-refractivity contribution in [3.8, 4) is 0 Å². The van der Waals surface area contributed by atoms with Gasteiger partial charge in [-0.3, -0.25) is 9.59 Å². The predicted octanol–water partition coefficient (Wildman–Crippen LogP) is 1.81. The van der Waals surface area contributed by atoms with E-state index >= 15 is 0 Å². The average molecular weight is 327 g/mol. The third-order valence-corrected chi connectivity index (χ3v) is 5.49. The van der Waals surface area contributed by atoms with Gasteiger partial charge in [0, 0.05) is 18.7 Å². The molecule has 0 aliphatic carbocycles. The van der Waals surface area contributed by atoms with Crippen molar-refractivity contribution < 1.29 is 23.1 Å². The van der Waals surface area contributed by atoms with Crippen LogP contribution in [0.15, 0.2) is 29.2 Å². The number of hydrogen-bond acceptors (Lipinski definition) is 4. The van der Waals surface area contributed by atoms with Crippen LogP contribution in [0.1, 0.15) is 37.6 Å². The van der Waals surface area contributed by atoms with Gasteiger partial charge in [0.2, 0.25) is 0 Å². The lowest BCUT2D eigenvalue weighted by Gasteiger charge is -2.20. The number of carbonyl (C=O) groups is 2. The van der Waals surface area contributed by atoms with E-state index in [0.717, 1.165) is 0 Å². The number of carbonyl (C=O) groups excluding carboxylic acids is 1. The highest BCUT2D eigenvalue weighted by Gasteiger charge is 2.20. The summed E-state index contributed by atoms with van der Waals surface area (Å²) in [6.07, 6.45) is -0.126. The smallest absolute Gasteiger partial charge is 0.305 e. The van der Waals surface area contributed by atoms with Gasteiger partial charge in [-0.1, -0.05) is 0 Å². The first kappa shape index (κ1) is 18.2. The minimum atomic E-state index is -3.37. The van der Waals surface area contributed by atoms with E-state index in [1.807, 2.05) is 0 Å². The largest absolute Gasteiger partial charge is 0.481 e. The minimum Gasteiger partial charge on any atom is -0.481 e. The van der Waals surface area contributed by atoms with Crippen LogP contribution in [0.2, 0.25) is 0 Å². The highest BCUT2D eigenvalue weighted by molar-refractivity contribution is 7.92. The maximum Gasteiger partial charge on any atom is 0.305 e. The first-order valence-electron chi connectivity index (χ1n) is 7.05. The van der Waals surface area contributed by atoms with Crippen molar-refractivity contribution in [3.05, 3.63) is 29.8 Å². The molecule has 6 nitrogen and oxygen atoms in total. The van der Waals surface area contributed by atoms with Crippen LogP contribution in [0, 0.1) is 0 Å². The van der Waals surface area contributed by atoms with E-state index in [4.69, 9.17) is 5.11 Å². The first-order valence-corrected chi connectivity index (χ1v) is 8.59. The summed E-state index contributed by atoms with van der Waals surface area (Å²) in [6, 6.07) is 5.74. The molecular weight excluding hydrogens is 306 g/mol. The van der Waals surface area contributed by atoms with Crippen molar-refractivity contribution in [1.29, 1.82) is 0 Å². The lowest BCUT2D eigenvalue weighted by atomic mass is 10.2. The topological polar surface area (TPSA) is 91.8 Å². The van der Waals surface area contributed by atoms with Gasteiger partial charge in [-0.25, -0.2) is 8.42 Å².